The normalized spacial score (nSPS) is 12.1. The molecular formula is C30H30N2O5. The quantitative estimate of drug-likeness (QED) is 0.279. The van der Waals surface area contributed by atoms with Crippen LogP contribution in [0.2, 0.25) is 0 Å². The molecule has 1 aromatic heterocycles. The number of amides is 1. The number of rotatable bonds is 9. The lowest BCUT2D eigenvalue weighted by molar-refractivity contribution is 0.0724. The van der Waals surface area contributed by atoms with E-state index in [0.29, 0.717) is 42.5 Å². The number of ether oxygens (including phenoxy) is 4. The number of aromatic nitrogens is 1. The van der Waals surface area contributed by atoms with Gasteiger partial charge in [-0.3, -0.25) is 4.79 Å². The first kappa shape index (κ1) is 24.6. The van der Waals surface area contributed by atoms with Gasteiger partial charge in [0.05, 0.1) is 18.3 Å². The van der Waals surface area contributed by atoms with Gasteiger partial charge in [0.15, 0.2) is 11.5 Å². The summed E-state index contributed by atoms with van der Waals surface area (Å²) in [5, 5.41) is 0.935. The van der Waals surface area contributed by atoms with E-state index in [1.165, 1.54) is 0 Å². The molecule has 0 N–H and O–H groups in total. The van der Waals surface area contributed by atoms with Gasteiger partial charge in [-0.2, -0.15) is 0 Å². The van der Waals surface area contributed by atoms with Crippen LogP contribution in [0.1, 0.15) is 27.9 Å². The fraction of sp³-hybridized carbons (Fsp3) is 0.267. The summed E-state index contributed by atoms with van der Waals surface area (Å²) in [5.41, 5.74) is 5.38. The Morgan fingerprint density at radius 1 is 1.00 bits per heavy atom. The first-order valence-corrected chi connectivity index (χ1v) is 12.3. The second kappa shape index (κ2) is 10.9. The summed E-state index contributed by atoms with van der Waals surface area (Å²) in [5.74, 6) is 2.05. The average molecular weight is 499 g/mol. The predicted molar refractivity (Wildman–Crippen MR) is 142 cm³/mol. The van der Waals surface area contributed by atoms with Crippen LogP contribution < -0.4 is 14.2 Å². The van der Waals surface area contributed by atoms with Crippen LogP contribution in [0.25, 0.3) is 22.2 Å². The number of carbonyl (C=O) groups is 1. The number of pyridine rings is 1. The number of nitrogens with zero attached hydrogens (tertiary/aromatic N) is 2. The molecule has 3 aromatic carbocycles. The molecule has 37 heavy (non-hydrogen) atoms. The zero-order valence-corrected chi connectivity index (χ0v) is 21.3. The van der Waals surface area contributed by atoms with Gasteiger partial charge < -0.3 is 23.8 Å². The highest BCUT2D eigenvalue weighted by Crippen LogP contribution is 2.38. The highest BCUT2D eigenvalue weighted by Gasteiger charge is 2.22. The molecule has 0 saturated carbocycles. The number of hydrogen-bond donors (Lipinski definition) is 0. The Hall–Kier alpha value is -4.10. The molecule has 1 aliphatic heterocycles. The number of benzene rings is 3. The Morgan fingerprint density at radius 3 is 2.49 bits per heavy atom. The van der Waals surface area contributed by atoms with Crippen LogP contribution in [0.15, 0.2) is 66.7 Å². The van der Waals surface area contributed by atoms with E-state index in [1.54, 1.807) is 38.5 Å². The van der Waals surface area contributed by atoms with Crippen LogP contribution in [-0.2, 0) is 11.3 Å². The van der Waals surface area contributed by atoms with Crippen molar-refractivity contribution < 1.29 is 23.7 Å². The molecule has 7 heteroatoms. The minimum atomic E-state index is -0.0553. The van der Waals surface area contributed by atoms with Crippen LogP contribution in [0, 0.1) is 6.92 Å². The van der Waals surface area contributed by atoms with Crippen molar-refractivity contribution in [3.8, 4) is 28.5 Å². The Labute approximate surface area is 216 Å². The van der Waals surface area contributed by atoms with Gasteiger partial charge in [0.2, 0.25) is 6.79 Å². The maximum atomic E-state index is 13.7. The Kier molecular flexibility index (Phi) is 7.23. The van der Waals surface area contributed by atoms with E-state index in [-0.39, 0.29) is 12.7 Å². The first-order chi connectivity index (χ1) is 18.1. The van der Waals surface area contributed by atoms with Crippen molar-refractivity contribution in [2.24, 2.45) is 0 Å². The molecule has 0 unspecified atom stereocenters. The summed E-state index contributed by atoms with van der Waals surface area (Å²) in [6, 6.07) is 21.4. The summed E-state index contributed by atoms with van der Waals surface area (Å²) < 4.78 is 21.7. The third kappa shape index (κ3) is 5.22. The number of carbonyl (C=O) groups excluding carboxylic acids is 1. The van der Waals surface area contributed by atoms with Gasteiger partial charge in [0.1, 0.15) is 5.75 Å². The predicted octanol–water partition coefficient (Wildman–Crippen LogP) is 5.63. The van der Waals surface area contributed by atoms with Crippen molar-refractivity contribution >= 4 is 16.8 Å². The molecule has 1 aliphatic rings. The lowest BCUT2D eigenvalue weighted by Crippen LogP contribution is -2.32. The summed E-state index contributed by atoms with van der Waals surface area (Å²) in [4.78, 5) is 20.6. The Bertz CT molecular complexity index is 1420. The molecule has 190 valence electrons. The van der Waals surface area contributed by atoms with Crippen molar-refractivity contribution in [2.45, 2.75) is 19.9 Å². The largest absolute Gasteiger partial charge is 0.497 e. The molecule has 5 rings (SSSR count). The molecule has 0 atom stereocenters. The van der Waals surface area contributed by atoms with Gasteiger partial charge in [-0.1, -0.05) is 24.3 Å². The summed E-state index contributed by atoms with van der Waals surface area (Å²) in [7, 11) is 3.28. The average Bonchev–Trinajstić information content (AvgIpc) is 3.38. The standard InChI is InChI=1S/C30H30N2O5/c1-20-7-4-5-8-25(20)29-23(15-22-16-27-28(37-19-36-27)17-26(22)31-29)18-32(13-6-14-34-2)30(33)21-9-11-24(35-3)12-10-21/h4-5,7-12,15-17H,6,13-14,18-19H2,1-3H3. The Morgan fingerprint density at radius 2 is 1.76 bits per heavy atom. The molecule has 0 fully saturated rings. The van der Waals surface area contributed by atoms with Gasteiger partial charge in [-0.05, 0) is 60.9 Å². The lowest BCUT2D eigenvalue weighted by atomic mass is 9.98. The fourth-order valence-electron chi connectivity index (χ4n) is 4.57. The third-order valence-electron chi connectivity index (χ3n) is 6.55. The van der Waals surface area contributed by atoms with Crippen LogP contribution in [0.4, 0.5) is 0 Å². The molecule has 4 aromatic rings. The van der Waals surface area contributed by atoms with Gasteiger partial charge in [-0.15, -0.1) is 0 Å². The van der Waals surface area contributed by atoms with Gasteiger partial charge >= 0.3 is 0 Å². The maximum absolute atomic E-state index is 13.7. The molecule has 0 bridgehead atoms. The number of fused-ring (bicyclic) bond motifs is 2. The Balaban J connectivity index is 1.58. The van der Waals surface area contributed by atoms with E-state index in [4.69, 9.17) is 23.9 Å². The van der Waals surface area contributed by atoms with Gasteiger partial charge in [0.25, 0.3) is 5.91 Å². The van der Waals surface area contributed by atoms with E-state index < -0.39 is 0 Å². The molecule has 7 nitrogen and oxygen atoms in total. The topological polar surface area (TPSA) is 70.1 Å². The monoisotopic (exact) mass is 498 g/mol. The van der Waals surface area contributed by atoms with Crippen molar-refractivity contribution in [1.29, 1.82) is 0 Å². The maximum Gasteiger partial charge on any atom is 0.254 e. The van der Waals surface area contributed by atoms with Crippen molar-refractivity contribution in [2.75, 3.05) is 34.2 Å². The number of hydrogen-bond acceptors (Lipinski definition) is 6. The van der Waals surface area contributed by atoms with E-state index in [0.717, 1.165) is 39.7 Å². The van der Waals surface area contributed by atoms with Crippen LogP contribution in [-0.4, -0.2) is 50.0 Å². The second-order valence-electron chi connectivity index (χ2n) is 9.01. The minimum Gasteiger partial charge on any atom is -0.497 e. The molecular weight excluding hydrogens is 468 g/mol. The first-order valence-electron chi connectivity index (χ1n) is 12.3. The van der Waals surface area contributed by atoms with Crippen molar-refractivity contribution in [3.63, 3.8) is 0 Å². The van der Waals surface area contributed by atoms with E-state index >= 15 is 0 Å². The van der Waals surface area contributed by atoms with Gasteiger partial charge in [0, 0.05) is 49.4 Å². The number of aryl methyl sites for hydroxylation is 1. The SMILES string of the molecule is COCCCN(Cc1cc2cc3c(cc2nc1-c1ccccc1C)OCO3)C(=O)c1ccc(OC)cc1. The molecule has 0 radical (unpaired) electrons. The van der Waals surface area contributed by atoms with E-state index in [2.05, 4.69) is 25.1 Å². The van der Waals surface area contributed by atoms with Crippen molar-refractivity contribution in [1.82, 2.24) is 9.88 Å². The zero-order chi connectivity index (χ0) is 25.8. The second-order valence-corrected chi connectivity index (χ2v) is 9.01. The third-order valence-corrected chi connectivity index (χ3v) is 6.55. The summed E-state index contributed by atoms with van der Waals surface area (Å²) in [6.45, 7) is 3.79. The van der Waals surface area contributed by atoms with E-state index in [9.17, 15) is 4.79 Å². The molecule has 0 spiro atoms. The summed E-state index contributed by atoms with van der Waals surface area (Å²) >= 11 is 0. The fourth-order valence-corrected chi connectivity index (χ4v) is 4.57. The highest BCUT2D eigenvalue weighted by molar-refractivity contribution is 5.94. The smallest absolute Gasteiger partial charge is 0.254 e. The van der Waals surface area contributed by atoms with E-state index in [1.807, 2.05) is 29.2 Å². The molecule has 0 aliphatic carbocycles. The summed E-state index contributed by atoms with van der Waals surface area (Å²) in [6.07, 6.45) is 0.720. The van der Waals surface area contributed by atoms with Crippen LogP contribution >= 0.6 is 0 Å². The molecule has 2 heterocycles. The molecule has 0 saturated heterocycles. The zero-order valence-electron chi connectivity index (χ0n) is 21.3. The van der Waals surface area contributed by atoms with Crippen molar-refractivity contribution in [3.05, 3.63) is 83.4 Å². The van der Waals surface area contributed by atoms with Crippen LogP contribution in [0.5, 0.6) is 17.2 Å². The lowest BCUT2D eigenvalue weighted by Gasteiger charge is -2.25. The molecule has 1 amide bonds. The van der Waals surface area contributed by atoms with Gasteiger partial charge in [-0.25, -0.2) is 4.98 Å². The number of methoxy groups -OCH3 is 2. The highest BCUT2D eigenvalue weighted by atomic mass is 16.7. The van der Waals surface area contributed by atoms with Crippen LogP contribution in [0.3, 0.4) is 0 Å². The minimum absolute atomic E-state index is 0.0553.